The first kappa shape index (κ1) is 15.9. The van der Waals surface area contributed by atoms with Crippen LogP contribution in [0.4, 0.5) is 0 Å². The summed E-state index contributed by atoms with van der Waals surface area (Å²) in [6, 6.07) is 6.31. The summed E-state index contributed by atoms with van der Waals surface area (Å²) in [5.74, 6) is 2.05. The topological polar surface area (TPSA) is 38.3 Å². The monoisotopic (exact) mass is 289 g/mol. The summed E-state index contributed by atoms with van der Waals surface area (Å²) in [4.78, 5) is 12.1. The van der Waals surface area contributed by atoms with Gasteiger partial charge in [0.05, 0.1) is 0 Å². The Hall–Kier alpha value is -1.51. The number of nitrogens with one attached hydrogen (secondary N) is 1. The lowest BCUT2D eigenvalue weighted by Crippen LogP contribution is -2.45. The van der Waals surface area contributed by atoms with E-state index in [1.807, 2.05) is 32.0 Å². The van der Waals surface area contributed by atoms with Crippen molar-refractivity contribution in [2.75, 3.05) is 6.61 Å². The second-order valence-corrected chi connectivity index (χ2v) is 6.45. The van der Waals surface area contributed by atoms with Gasteiger partial charge in [0.1, 0.15) is 5.75 Å². The average molecular weight is 289 g/mol. The highest BCUT2D eigenvalue weighted by Gasteiger charge is 2.28. The maximum absolute atomic E-state index is 12.1. The lowest BCUT2D eigenvalue weighted by Gasteiger charge is -2.34. The molecule has 1 aromatic carbocycles. The summed E-state index contributed by atoms with van der Waals surface area (Å²) in [6.07, 6.45) is 3.56. The van der Waals surface area contributed by atoms with Crippen LogP contribution in [0.3, 0.4) is 0 Å². The molecule has 3 nitrogen and oxygen atoms in total. The van der Waals surface area contributed by atoms with Crippen molar-refractivity contribution in [2.45, 2.75) is 53.0 Å². The third-order valence-electron chi connectivity index (χ3n) is 4.81. The van der Waals surface area contributed by atoms with Gasteiger partial charge in [-0.15, -0.1) is 0 Å². The van der Waals surface area contributed by atoms with Gasteiger partial charge < -0.3 is 10.1 Å². The number of para-hydroxylation sites is 1. The molecule has 0 saturated heterocycles. The first-order chi connectivity index (χ1) is 9.99. The minimum absolute atomic E-state index is 0.0106. The maximum atomic E-state index is 12.1. The Kier molecular flexibility index (Phi) is 5.27. The SMILES string of the molecule is Cc1cccc(C)c1OCC(=O)N[C@@H]1CCC[C@H](C)[C@@H]1C. The van der Waals surface area contributed by atoms with E-state index in [1.54, 1.807) is 0 Å². The predicted molar refractivity (Wildman–Crippen MR) is 85.5 cm³/mol. The van der Waals surface area contributed by atoms with E-state index in [2.05, 4.69) is 19.2 Å². The zero-order valence-electron chi connectivity index (χ0n) is 13.6. The van der Waals surface area contributed by atoms with Crippen LogP contribution in [0, 0.1) is 25.7 Å². The molecule has 2 rings (SSSR count). The van der Waals surface area contributed by atoms with Crippen LogP contribution in [0.5, 0.6) is 5.75 Å². The summed E-state index contributed by atoms with van der Waals surface area (Å²) >= 11 is 0. The molecule has 0 aromatic heterocycles. The Morgan fingerprint density at radius 3 is 2.57 bits per heavy atom. The van der Waals surface area contributed by atoms with Crippen molar-refractivity contribution < 1.29 is 9.53 Å². The molecule has 0 spiro atoms. The quantitative estimate of drug-likeness (QED) is 0.919. The van der Waals surface area contributed by atoms with E-state index in [9.17, 15) is 4.79 Å². The molecule has 0 unspecified atom stereocenters. The summed E-state index contributed by atoms with van der Waals surface area (Å²) in [5.41, 5.74) is 2.14. The second-order valence-electron chi connectivity index (χ2n) is 6.45. The Morgan fingerprint density at radius 1 is 1.24 bits per heavy atom. The van der Waals surface area contributed by atoms with E-state index in [0.717, 1.165) is 23.3 Å². The highest BCUT2D eigenvalue weighted by Crippen LogP contribution is 2.29. The van der Waals surface area contributed by atoms with Crippen LogP contribution < -0.4 is 10.1 Å². The fourth-order valence-corrected chi connectivity index (χ4v) is 3.20. The number of hydrogen-bond donors (Lipinski definition) is 1. The number of carbonyl (C=O) groups excluding carboxylic acids is 1. The second kappa shape index (κ2) is 6.97. The molecule has 0 heterocycles. The average Bonchev–Trinajstić information content (AvgIpc) is 2.43. The molecule has 1 aliphatic rings. The molecule has 1 amide bonds. The van der Waals surface area contributed by atoms with E-state index in [-0.39, 0.29) is 12.5 Å². The molecular weight excluding hydrogens is 262 g/mol. The Bertz CT molecular complexity index is 478. The van der Waals surface area contributed by atoms with Gasteiger partial charge in [-0.1, -0.05) is 44.9 Å². The molecule has 116 valence electrons. The third-order valence-corrected chi connectivity index (χ3v) is 4.81. The normalized spacial score (nSPS) is 25.4. The predicted octanol–water partition coefficient (Wildman–Crippen LogP) is 3.62. The maximum Gasteiger partial charge on any atom is 0.258 e. The van der Waals surface area contributed by atoms with Crippen molar-refractivity contribution in [2.24, 2.45) is 11.8 Å². The number of hydrogen-bond acceptors (Lipinski definition) is 2. The van der Waals surface area contributed by atoms with Crippen LogP contribution in [-0.4, -0.2) is 18.6 Å². The Labute approximate surface area is 128 Å². The molecular formula is C18H27NO2. The molecule has 1 aromatic rings. The first-order valence-corrected chi connectivity index (χ1v) is 7.97. The molecule has 1 fully saturated rings. The van der Waals surface area contributed by atoms with Gasteiger partial charge in [-0.25, -0.2) is 0 Å². The van der Waals surface area contributed by atoms with Crippen LogP contribution >= 0.6 is 0 Å². The highest BCUT2D eigenvalue weighted by molar-refractivity contribution is 5.78. The Morgan fingerprint density at radius 2 is 1.90 bits per heavy atom. The van der Waals surface area contributed by atoms with Gasteiger partial charge in [0.15, 0.2) is 6.61 Å². The van der Waals surface area contributed by atoms with Crippen molar-refractivity contribution in [1.82, 2.24) is 5.32 Å². The number of aryl methyl sites for hydroxylation is 2. The van der Waals surface area contributed by atoms with E-state index in [4.69, 9.17) is 4.74 Å². The summed E-state index contributed by atoms with van der Waals surface area (Å²) in [5, 5.41) is 3.14. The van der Waals surface area contributed by atoms with Crippen molar-refractivity contribution in [3.05, 3.63) is 29.3 Å². The lowest BCUT2D eigenvalue weighted by molar-refractivity contribution is -0.124. The van der Waals surface area contributed by atoms with Crippen molar-refractivity contribution in [3.63, 3.8) is 0 Å². The number of amides is 1. The number of carbonyl (C=O) groups is 1. The zero-order valence-corrected chi connectivity index (χ0v) is 13.6. The van der Waals surface area contributed by atoms with Gasteiger partial charge in [0.25, 0.3) is 5.91 Å². The van der Waals surface area contributed by atoms with Crippen LogP contribution in [0.1, 0.15) is 44.2 Å². The standard InChI is InChI=1S/C18H27NO2/c1-12-7-6-10-16(15(12)4)19-17(20)11-21-18-13(2)8-5-9-14(18)3/h5,8-9,12,15-16H,6-7,10-11H2,1-4H3,(H,19,20)/t12-,15-,16+/m0/s1. The molecule has 3 atom stereocenters. The molecule has 0 bridgehead atoms. The van der Waals surface area contributed by atoms with E-state index < -0.39 is 0 Å². The minimum Gasteiger partial charge on any atom is -0.483 e. The molecule has 3 heteroatoms. The van der Waals surface area contributed by atoms with Crippen molar-refractivity contribution in [3.8, 4) is 5.75 Å². The molecule has 1 saturated carbocycles. The molecule has 21 heavy (non-hydrogen) atoms. The van der Waals surface area contributed by atoms with Gasteiger partial charge in [0, 0.05) is 6.04 Å². The Balaban J connectivity index is 1.88. The zero-order chi connectivity index (χ0) is 15.4. The molecule has 0 aliphatic heterocycles. The van der Waals surface area contributed by atoms with Gasteiger partial charge >= 0.3 is 0 Å². The van der Waals surface area contributed by atoms with Gasteiger partial charge in [-0.3, -0.25) is 4.79 Å². The van der Waals surface area contributed by atoms with E-state index in [1.165, 1.54) is 12.8 Å². The van der Waals surface area contributed by atoms with Crippen LogP contribution in [0.2, 0.25) is 0 Å². The molecule has 1 aliphatic carbocycles. The smallest absolute Gasteiger partial charge is 0.258 e. The third kappa shape index (κ3) is 3.99. The summed E-state index contributed by atoms with van der Waals surface area (Å²) in [7, 11) is 0. The van der Waals surface area contributed by atoms with Gasteiger partial charge in [-0.05, 0) is 43.2 Å². The minimum atomic E-state index is -0.0106. The lowest BCUT2D eigenvalue weighted by atomic mass is 9.78. The largest absolute Gasteiger partial charge is 0.483 e. The van der Waals surface area contributed by atoms with Crippen LogP contribution in [-0.2, 0) is 4.79 Å². The van der Waals surface area contributed by atoms with Gasteiger partial charge in [0.2, 0.25) is 0 Å². The number of benzene rings is 1. The molecule has 1 N–H and O–H groups in total. The fourth-order valence-electron chi connectivity index (χ4n) is 3.20. The van der Waals surface area contributed by atoms with Crippen molar-refractivity contribution in [1.29, 1.82) is 0 Å². The first-order valence-electron chi connectivity index (χ1n) is 7.97. The summed E-state index contributed by atoms with van der Waals surface area (Å²) in [6.45, 7) is 8.62. The van der Waals surface area contributed by atoms with Gasteiger partial charge in [-0.2, -0.15) is 0 Å². The number of ether oxygens (including phenoxy) is 1. The van der Waals surface area contributed by atoms with E-state index >= 15 is 0 Å². The van der Waals surface area contributed by atoms with E-state index in [0.29, 0.717) is 17.9 Å². The van der Waals surface area contributed by atoms with Crippen LogP contribution in [0.25, 0.3) is 0 Å². The highest BCUT2D eigenvalue weighted by atomic mass is 16.5. The molecule has 0 radical (unpaired) electrons. The summed E-state index contributed by atoms with van der Waals surface area (Å²) < 4.78 is 5.72. The fraction of sp³-hybridized carbons (Fsp3) is 0.611. The van der Waals surface area contributed by atoms with Crippen LogP contribution in [0.15, 0.2) is 18.2 Å². The number of rotatable bonds is 4. The van der Waals surface area contributed by atoms with Crippen molar-refractivity contribution >= 4 is 5.91 Å².